The van der Waals surface area contributed by atoms with Crippen molar-refractivity contribution in [2.24, 2.45) is 0 Å². The van der Waals surface area contributed by atoms with Crippen molar-refractivity contribution >= 4 is 17.6 Å². The fourth-order valence-electron chi connectivity index (χ4n) is 2.55. The molecule has 0 atom stereocenters. The molecule has 4 heteroatoms. The van der Waals surface area contributed by atoms with Crippen molar-refractivity contribution in [1.29, 1.82) is 0 Å². The van der Waals surface area contributed by atoms with E-state index in [0.29, 0.717) is 22.6 Å². The molecule has 0 unspecified atom stereocenters. The molecule has 0 aromatic heterocycles. The molecular weight excluding hydrogens is 336 g/mol. The highest BCUT2D eigenvalue weighted by Gasteiger charge is 2.14. The summed E-state index contributed by atoms with van der Waals surface area (Å²) in [5.41, 5.74) is 3.07. The third kappa shape index (κ3) is 4.61. The first-order chi connectivity index (χ1) is 12.1. The smallest absolute Gasteiger partial charge is 0.338 e. The Balaban J connectivity index is 1.78. The Morgan fingerprint density at radius 3 is 2.36 bits per heavy atom. The van der Waals surface area contributed by atoms with E-state index in [1.54, 1.807) is 24.3 Å². The van der Waals surface area contributed by atoms with Crippen molar-refractivity contribution < 1.29 is 14.6 Å². The normalized spacial score (nSPS) is 10.4. The van der Waals surface area contributed by atoms with Gasteiger partial charge in [0.1, 0.15) is 12.4 Å². The Morgan fingerprint density at radius 2 is 1.64 bits per heavy atom. The Kier molecular flexibility index (Phi) is 5.36. The summed E-state index contributed by atoms with van der Waals surface area (Å²) >= 11 is 5.91. The average molecular weight is 353 g/mol. The lowest BCUT2D eigenvalue weighted by molar-refractivity contribution is 0.0471. The molecule has 0 spiro atoms. The van der Waals surface area contributed by atoms with Gasteiger partial charge in [-0.2, -0.15) is 0 Å². The number of phenolic OH excluding ortho intramolecular Hbond substituents is 1. The number of halogens is 1. The molecule has 0 fully saturated rings. The van der Waals surface area contributed by atoms with E-state index in [4.69, 9.17) is 16.3 Å². The van der Waals surface area contributed by atoms with Gasteiger partial charge in [-0.15, -0.1) is 0 Å². The van der Waals surface area contributed by atoms with Crippen LogP contribution in [0.3, 0.4) is 0 Å². The molecule has 0 saturated carbocycles. The van der Waals surface area contributed by atoms with Crippen LogP contribution in [0.1, 0.15) is 27.0 Å². The monoisotopic (exact) mass is 352 g/mol. The zero-order valence-electron chi connectivity index (χ0n) is 13.5. The average Bonchev–Trinajstić information content (AvgIpc) is 2.63. The molecule has 0 radical (unpaired) electrons. The van der Waals surface area contributed by atoms with E-state index in [1.807, 2.05) is 42.5 Å². The van der Waals surface area contributed by atoms with Crippen molar-refractivity contribution in [3.05, 3.63) is 100 Å². The molecule has 126 valence electrons. The molecule has 3 rings (SSSR count). The third-order valence-electron chi connectivity index (χ3n) is 3.83. The molecule has 1 N–H and O–H groups in total. The van der Waals surface area contributed by atoms with Gasteiger partial charge in [0.25, 0.3) is 0 Å². The summed E-state index contributed by atoms with van der Waals surface area (Å²) in [6.07, 6.45) is 0.501. The molecular formula is C21H17ClO3. The van der Waals surface area contributed by atoms with Gasteiger partial charge in [0, 0.05) is 5.02 Å². The van der Waals surface area contributed by atoms with E-state index in [9.17, 15) is 9.90 Å². The lowest BCUT2D eigenvalue weighted by Crippen LogP contribution is -2.09. The largest absolute Gasteiger partial charge is 0.508 e. The van der Waals surface area contributed by atoms with E-state index in [1.165, 1.54) is 6.07 Å². The molecule has 3 aromatic rings. The van der Waals surface area contributed by atoms with E-state index in [0.717, 1.165) is 11.1 Å². The van der Waals surface area contributed by atoms with Gasteiger partial charge in [-0.25, -0.2) is 4.79 Å². The quantitative estimate of drug-likeness (QED) is 0.658. The number of carbonyl (C=O) groups is 1. The summed E-state index contributed by atoms with van der Waals surface area (Å²) in [4.78, 5) is 12.5. The minimum absolute atomic E-state index is 0.114. The molecule has 0 amide bonds. The predicted molar refractivity (Wildman–Crippen MR) is 97.9 cm³/mol. The van der Waals surface area contributed by atoms with Crippen LogP contribution >= 0.6 is 11.6 Å². The Hall–Kier alpha value is -2.78. The number of hydrogen-bond donors (Lipinski definition) is 1. The molecule has 0 aliphatic rings. The van der Waals surface area contributed by atoms with Gasteiger partial charge in [-0.3, -0.25) is 0 Å². The maximum atomic E-state index is 12.5. The maximum absolute atomic E-state index is 12.5. The van der Waals surface area contributed by atoms with E-state index in [2.05, 4.69) is 0 Å². The van der Waals surface area contributed by atoms with Crippen LogP contribution in [0.15, 0.2) is 72.8 Å². The molecule has 0 aliphatic heterocycles. The van der Waals surface area contributed by atoms with Gasteiger partial charge in [0.2, 0.25) is 0 Å². The van der Waals surface area contributed by atoms with Crippen LogP contribution < -0.4 is 0 Å². The number of rotatable bonds is 5. The number of carbonyl (C=O) groups excluding carboxylic acids is 1. The maximum Gasteiger partial charge on any atom is 0.338 e. The number of benzene rings is 3. The summed E-state index contributed by atoms with van der Waals surface area (Å²) in [6.45, 7) is 0.209. The second-order valence-corrected chi connectivity index (χ2v) is 6.14. The fourth-order valence-corrected chi connectivity index (χ4v) is 2.67. The molecule has 3 aromatic carbocycles. The van der Waals surface area contributed by atoms with Crippen molar-refractivity contribution in [3.63, 3.8) is 0 Å². The Bertz CT molecular complexity index is 858. The third-order valence-corrected chi connectivity index (χ3v) is 4.08. The van der Waals surface area contributed by atoms with Crippen molar-refractivity contribution in [2.45, 2.75) is 13.0 Å². The topological polar surface area (TPSA) is 46.5 Å². The van der Waals surface area contributed by atoms with Crippen LogP contribution in [0.25, 0.3) is 0 Å². The summed E-state index contributed by atoms with van der Waals surface area (Å²) < 4.78 is 5.41. The first-order valence-corrected chi connectivity index (χ1v) is 8.27. The van der Waals surface area contributed by atoms with E-state index in [-0.39, 0.29) is 12.4 Å². The number of aromatic hydroxyl groups is 1. The predicted octanol–water partition coefficient (Wildman–Crippen LogP) is 4.99. The highest BCUT2D eigenvalue weighted by Crippen LogP contribution is 2.22. The second-order valence-electron chi connectivity index (χ2n) is 5.71. The number of ether oxygens (including phenoxy) is 1. The van der Waals surface area contributed by atoms with Crippen molar-refractivity contribution in [3.8, 4) is 5.75 Å². The Labute approximate surface area is 151 Å². The minimum Gasteiger partial charge on any atom is -0.508 e. The van der Waals surface area contributed by atoms with Crippen LogP contribution in [0.2, 0.25) is 5.02 Å². The highest BCUT2D eigenvalue weighted by molar-refractivity contribution is 6.30. The van der Waals surface area contributed by atoms with Gasteiger partial charge in [0.15, 0.2) is 0 Å². The van der Waals surface area contributed by atoms with Gasteiger partial charge < -0.3 is 9.84 Å². The van der Waals surface area contributed by atoms with Gasteiger partial charge >= 0.3 is 5.97 Å². The van der Waals surface area contributed by atoms with Gasteiger partial charge in [-0.1, -0.05) is 54.1 Å². The first kappa shape index (κ1) is 17.1. The standard InChI is InChI=1S/C21H17ClO3/c22-18-8-6-15(7-9-18)12-17-13-19(23)10-11-20(17)21(24)25-14-16-4-2-1-3-5-16/h1-11,13,23H,12,14H2. The molecule has 0 aliphatic carbocycles. The van der Waals surface area contributed by atoms with Crippen molar-refractivity contribution in [2.75, 3.05) is 0 Å². The number of hydrogen-bond acceptors (Lipinski definition) is 3. The van der Waals surface area contributed by atoms with E-state index < -0.39 is 5.97 Å². The first-order valence-electron chi connectivity index (χ1n) is 7.89. The minimum atomic E-state index is -0.409. The summed E-state index contributed by atoms with van der Waals surface area (Å²) in [5, 5.41) is 10.4. The summed E-state index contributed by atoms with van der Waals surface area (Å²) in [7, 11) is 0. The lowest BCUT2D eigenvalue weighted by atomic mass is 9.99. The Morgan fingerprint density at radius 1 is 0.920 bits per heavy atom. The molecule has 0 heterocycles. The van der Waals surface area contributed by atoms with Crippen LogP contribution in [0.5, 0.6) is 5.75 Å². The number of esters is 1. The van der Waals surface area contributed by atoms with Crippen LogP contribution in [0.4, 0.5) is 0 Å². The molecule has 3 nitrogen and oxygen atoms in total. The zero-order valence-corrected chi connectivity index (χ0v) is 14.2. The second kappa shape index (κ2) is 7.86. The van der Waals surface area contributed by atoms with Gasteiger partial charge in [-0.05, 0) is 53.4 Å². The molecule has 0 saturated heterocycles. The van der Waals surface area contributed by atoms with Gasteiger partial charge in [0.05, 0.1) is 5.56 Å². The van der Waals surface area contributed by atoms with E-state index >= 15 is 0 Å². The summed E-state index contributed by atoms with van der Waals surface area (Å²) in [6, 6.07) is 21.6. The van der Waals surface area contributed by atoms with Crippen molar-refractivity contribution in [1.82, 2.24) is 0 Å². The molecule has 25 heavy (non-hydrogen) atoms. The fraction of sp³-hybridized carbons (Fsp3) is 0.0952. The number of phenols is 1. The van der Waals surface area contributed by atoms with Crippen LogP contribution in [-0.4, -0.2) is 11.1 Å². The lowest BCUT2D eigenvalue weighted by Gasteiger charge is -2.11. The molecule has 0 bridgehead atoms. The van der Waals surface area contributed by atoms with Crippen LogP contribution in [0, 0.1) is 0 Å². The summed E-state index contributed by atoms with van der Waals surface area (Å²) in [5.74, 6) is -0.295. The zero-order chi connectivity index (χ0) is 17.6. The van der Waals surface area contributed by atoms with Crippen LogP contribution in [-0.2, 0) is 17.8 Å². The highest BCUT2D eigenvalue weighted by atomic mass is 35.5. The SMILES string of the molecule is O=C(OCc1ccccc1)c1ccc(O)cc1Cc1ccc(Cl)cc1.